The van der Waals surface area contributed by atoms with Crippen molar-refractivity contribution in [2.45, 2.75) is 25.9 Å². The average molecular weight is 368 g/mol. The first-order valence-corrected chi connectivity index (χ1v) is 9.38. The van der Waals surface area contributed by atoms with Crippen molar-refractivity contribution in [3.8, 4) is 11.5 Å². The van der Waals surface area contributed by atoms with Crippen LogP contribution in [0.1, 0.15) is 34.3 Å². The molecule has 0 bridgehead atoms. The van der Waals surface area contributed by atoms with Crippen LogP contribution in [0.2, 0.25) is 0 Å². The van der Waals surface area contributed by atoms with Crippen molar-refractivity contribution in [1.82, 2.24) is 9.80 Å². The number of benzene rings is 2. The van der Waals surface area contributed by atoms with Crippen LogP contribution in [0, 0.1) is 0 Å². The third kappa shape index (κ3) is 4.80. The Morgan fingerprint density at radius 3 is 2.15 bits per heavy atom. The van der Waals surface area contributed by atoms with Gasteiger partial charge in [-0.25, -0.2) is 0 Å². The molecule has 0 radical (unpaired) electrons. The van der Waals surface area contributed by atoms with Crippen LogP contribution in [-0.4, -0.2) is 50.1 Å². The topological polar surface area (TPSA) is 42.0 Å². The molecule has 0 spiro atoms. The third-order valence-electron chi connectivity index (χ3n) is 4.95. The lowest BCUT2D eigenvalue weighted by molar-refractivity contribution is 0.0793. The molecule has 0 atom stereocenters. The van der Waals surface area contributed by atoms with Gasteiger partial charge in [-0.2, -0.15) is 0 Å². The molecule has 27 heavy (non-hydrogen) atoms. The number of hydrogen-bond acceptors (Lipinski definition) is 4. The van der Waals surface area contributed by atoms with Crippen LogP contribution in [0.4, 0.5) is 0 Å². The first kappa shape index (κ1) is 19.2. The molecule has 144 valence electrons. The van der Waals surface area contributed by atoms with Crippen LogP contribution < -0.4 is 9.47 Å². The standard InChI is InChI=1S/C22H28N2O3/c1-23(16-18-8-11-20(26-2)21(14-18)27-3)15-17-6-9-19(10-7-17)22(25)24-12-4-5-13-24/h6-11,14H,4-5,12-13,15-16H2,1-3H3. The highest BCUT2D eigenvalue weighted by atomic mass is 16.5. The highest BCUT2D eigenvalue weighted by Crippen LogP contribution is 2.28. The highest BCUT2D eigenvalue weighted by Gasteiger charge is 2.19. The van der Waals surface area contributed by atoms with Gasteiger partial charge in [0.05, 0.1) is 14.2 Å². The number of hydrogen-bond donors (Lipinski definition) is 0. The van der Waals surface area contributed by atoms with Gasteiger partial charge >= 0.3 is 0 Å². The van der Waals surface area contributed by atoms with E-state index in [1.807, 2.05) is 29.2 Å². The van der Waals surface area contributed by atoms with Crippen LogP contribution in [0.15, 0.2) is 42.5 Å². The molecule has 0 N–H and O–H groups in total. The summed E-state index contributed by atoms with van der Waals surface area (Å²) in [5.74, 6) is 1.63. The SMILES string of the molecule is COc1ccc(CN(C)Cc2ccc(C(=O)N3CCCC3)cc2)cc1OC. The fraction of sp³-hybridized carbons (Fsp3) is 0.409. The van der Waals surface area contributed by atoms with Crippen LogP contribution in [0.5, 0.6) is 11.5 Å². The van der Waals surface area contributed by atoms with Crippen molar-refractivity contribution in [1.29, 1.82) is 0 Å². The summed E-state index contributed by atoms with van der Waals surface area (Å²) in [6.07, 6.45) is 2.23. The van der Waals surface area contributed by atoms with E-state index in [-0.39, 0.29) is 5.91 Å². The van der Waals surface area contributed by atoms with E-state index >= 15 is 0 Å². The van der Waals surface area contributed by atoms with Gasteiger partial charge < -0.3 is 14.4 Å². The van der Waals surface area contributed by atoms with E-state index in [4.69, 9.17) is 9.47 Å². The Balaban J connectivity index is 1.59. The average Bonchev–Trinajstić information content (AvgIpc) is 3.22. The number of amides is 1. The van der Waals surface area contributed by atoms with Gasteiger partial charge in [-0.15, -0.1) is 0 Å². The van der Waals surface area contributed by atoms with Crippen LogP contribution >= 0.6 is 0 Å². The Kier molecular flexibility index (Phi) is 6.35. The van der Waals surface area contributed by atoms with Crippen LogP contribution in [0.3, 0.4) is 0 Å². The van der Waals surface area contributed by atoms with E-state index in [1.54, 1.807) is 14.2 Å². The first-order chi connectivity index (χ1) is 13.1. The molecule has 2 aromatic carbocycles. The molecule has 1 heterocycles. The lowest BCUT2D eigenvalue weighted by atomic mass is 10.1. The summed E-state index contributed by atoms with van der Waals surface area (Å²) in [5.41, 5.74) is 3.13. The summed E-state index contributed by atoms with van der Waals surface area (Å²) in [4.78, 5) is 16.6. The fourth-order valence-electron chi connectivity index (χ4n) is 3.51. The van der Waals surface area contributed by atoms with Crippen molar-refractivity contribution in [3.63, 3.8) is 0 Å². The minimum absolute atomic E-state index is 0.151. The van der Waals surface area contributed by atoms with E-state index in [9.17, 15) is 4.79 Å². The van der Waals surface area contributed by atoms with Crippen molar-refractivity contribution >= 4 is 5.91 Å². The van der Waals surface area contributed by atoms with Crippen molar-refractivity contribution < 1.29 is 14.3 Å². The van der Waals surface area contributed by atoms with E-state index in [1.165, 1.54) is 5.56 Å². The summed E-state index contributed by atoms with van der Waals surface area (Å²) < 4.78 is 10.7. The van der Waals surface area contributed by atoms with Gasteiger partial charge in [-0.05, 0) is 55.3 Å². The number of nitrogens with zero attached hydrogens (tertiary/aromatic N) is 2. The minimum Gasteiger partial charge on any atom is -0.493 e. The number of carbonyl (C=O) groups excluding carboxylic acids is 1. The van der Waals surface area contributed by atoms with Crippen LogP contribution in [0.25, 0.3) is 0 Å². The Hall–Kier alpha value is -2.53. The first-order valence-electron chi connectivity index (χ1n) is 9.38. The molecule has 3 rings (SSSR count). The quantitative estimate of drug-likeness (QED) is 0.749. The molecule has 0 unspecified atom stereocenters. The zero-order chi connectivity index (χ0) is 19.2. The molecule has 1 fully saturated rings. The Labute approximate surface area is 161 Å². The maximum absolute atomic E-state index is 12.4. The van der Waals surface area contributed by atoms with E-state index < -0.39 is 0 Å². The molecule has 1 amide bonds. The Morgan fingerprint density at radius 2 is 1.52 bits per heavy atom. The van der Waals surface area contributed by atoms with Gasteiger partial charge in [-0.1, -0.05) is 18.2 Å². The number of ether oxygens (including phenoxy) is 2. The minimum atomic E-state index is 0.151. The Morgan fingerprint density at radius 1 is 0.926 bits per heavy atom. The third-order valence-corrected chi connectivity index (χ3v) is 4.95. The molecular formula is C22H28N2O3. The maximum atomic E-state index is 12.4. The maximum Gasteiger partial charge on any atom is 0.253 e. The van der Waals surface area contributed by atoms with Crippen molar-refractivity contribution in [3.05, 3.63) is 59.2 Å². The molecule has 0 aliphatic carbocycles. The summed E-state index contributed by atoms with van der Waals surface area (Å²) in [7, 11) is 5.37. The fourth-order valence-corrected chi connectivity index (χ4v) is 3.51. The van der Waals surface area contributed by atoms with Crippen LogP contribution in [-0.2, 0) is 13.1 Å². The van der Waals surface area contributed by atoms with Crippen molar-refractivity contribution in [2.75, 3.05) is 34.4 Å². The smallest absolute Gasteiger partial charge is 0.253 e. The second kappa shape index (κ2) is 8.91. The predicted octanol–water partition coefficient (Wildman–Crippen LogP) is 3.57. The largest absolute Gasteiger partial charge is 0.493 e. The van der Waals surface area contributed by atoms with E-state index in [2.05, 4.69) is 30.1 Å². The molecule has 2 aromatic rings. The Bertz CT molecular complexity index is 768. The molecular weight excluding hydrogens is 340 g/mol. The van der Waals surface area contributed by atoms with Gasteiger partial charge in [0.1, 0.15) is 0 Å². The molecule has 1 saturated heterocycles. The zero-order valence-corrected chi connectivity index (χ0v) is 16.4. The highest BCUT2D eigenvalue weighted by molar-refractivity contribution is 5.94. The van der Waals surface area contributed by atoms with Gasteiger partial charge in [0.25, 0.3) is 5.91 Å². The lowest BCUT2D eigenvalue weighted by Crippen LogP contribution is -2.27. The predicted molar refractivity (Wildman–Crippen MR) is 106 cm³/mol. The molecule has 5 heteroatoms. The van der Waals surface area contributed by atoms with E-state index in [0.717, 1.165) is 61.6 Å². The summed E-state index contributed by atoms with van der Waals surface area (Å²) in [6, 6.07) is 14.0. The number of rotatable bonds is 7. The molecule has 5 nitrogen and oxygen atoms in total. The number of methoxy groups -OCH3 is 2. The van der Waals surface area contributed by atoms with Gasteiger partial charge in [0.15, 0.2) is 11.5 Å². The van der Waals surface area contributed by atoms with E-state index in [0.29, 0.717) is 0 Å². The summed E-state index contributed by atoms with van der Waals surface area (Å²) in [6.45, 7) is 3.38. The number of carbonyl (C=O) groups is 1. The molecule has 1 aliphatic rings. The monoisotopic (exact) mass is 368 g/mol. The molecule has 1 aliphatic heterocycles. The second-order valence-electron chi connectivity index (χ2n) is 7.06. The number of likely N-dealkylation sites (tertiary alicyclic amines) is 1. The molecule has 0 saturated carbocycles. The normalized spacial score (nSPS) is 13.9. The summed E-state index contributed by atoms with van der Waals surface area (Å²) >= 11 is 0. The molecule has 0 aromatic heterocycles. The summed E-state index contributed by atoms with van der Waals surface area (Å²) in [5, 5.41) is 0. The lowest BCUT2D eigenvalue weighted by Gasteiger charge is -2.19. The second-order valence-corrected chi connectivity index (χ2v) is 7.06. The van der Waals surface area contributed by atoms with Gasteiger partial charge in [0, 0.05) is 31.7 Å². The van der Waals surface area contributed by atoms with Crippen molar-refractivity contribution in [2.24, 2.45) is 0 Å². The van der Waals surface area contributed by atoms with Gasteiger partial charge in [0.2, 0.25) is 0 Å². The van der Waals surface area contributed by atoms with Gasteiger partial charge in [-0.3, -0.25) is 9.69 Å². The zero-order valence-electron chi connectivity index (χ0n) is 16.4.